The summed E-state index contributed by atoms with van der Waals surface area (Å²) in [5, 5.41) is 0. The van der Waals surface area contributed by atoms with Crippen LogP contribution >= 0.6 is 0 Å². The summed E-state index contributed by atoms with van der Waals surface area (Å²) in [6.45, 7) is 6.40. The van der Waals surface area contributed by atoms with Crippen LogP contribution in [0.1, 0.15) is 65.7 Å². The van der Waals surface area contributed by atoms with Crippen LogP contribution in [-0.4, -0.2) is 11.8 Å². The monoisotopic (exact) mass is 213 g/mol. The summed E-state index contributed by atoms with van der Waals surface area (Å²) in [4.78, 5) is 11.2. The lowest BCUT2D eigenvalue weighted by atomic mass is 10.0. The molecule has 0 aromatic heterocycles. The molecule has 0 fully saturated rings. The number of ketones is 1. The van der Waals surface area contributed by atoms with Crippen LogP contribution in [0, 0.1) is 5.92 Å². The average molecular weight is 213 g/mol. The van der Waals surface area contributed by atoms with Gasteiger partial charge in [0.1, 0.15) is 5.78 Å². The number of carbonyl (C=O) groups is 1. The van der Waals surface area contributed by atoms with Crippen molar-refractivity contribution in [3.05, 3.63) is 0 Å². The van der Waals surface area contributed by atoms with Crippen molar-refractivity contribution in [2.45, 2.75) is 71.8 Å². The smallest absolute Gasteiger partial charge is 0.149 e. The summed E-state index contributed by atoms with van der Waals surface area (Å²) in [6.07, 6.45) is 7.69. The van der Waals surface area contributed by atoms with Crippen LogP contribution in [-0.2, 0) is 4.79 Å². The molecule has 0 aliphatic carbocycles. The van der Waals surface area contributed by atoms with Gasteiger partial charge < -0.3 is 5.73 Å². The van der Waals surface area contributed by atoms with Crippen molar-refractivity contribution in [2.24, 2.45) is 11.7 Å². The standard InChI is InChI=1S/C13H27NO/c1-4-13(15)12(14)10-8-6-5-7-9-11(2)3/h11-12H,4-10,14H2,1-3H3/t12-/m1/s1. The van der Waals surface area contributed by atoms with Gasteiger partial charge in [-0.2, -0.15) is 0 Å². The topological polar surface area (TPSA) is 43.1 Å². The molecule has 0 spiro atoms. The number of rotatable bonds is 9. The van der Waals surface area contributed by atoms with Gasteiger partial charge >= 0.3 is 0 Å². The molecule has 0 bridgehead atoms. The molecule has 2 heteroatoms. The summed E-state index contributed by atoms with van der Waals surface area (Å²) in [5.74, 6) is 1.02. The first-order valence-electron chi connectivity index (χ1n) is 6.36. The molecule has 0 amide bonds. The lowest BCUT2D eigenvalue weighted by molar-refractivity contribution is -0.120. The lowest BCUT2D eigenvalue weighted by Crippen LogP contribution is -2.29. The third-order valence-corrected chi connectivity index (χ3v) is 2.81. The van der Waals surface area contributed by atoms with Crippen LogP contribution in [0.5, 0.6) is 0 Å². The molecule has 90 valence electrons. The van der Waals surface area contributed by atoms with Gasteiger partial charge in [-0.15, -0.1) is 0 Å². The second-order valence-electron chi connectivity index (χ2n) is 4.81. The fraction of sp³-hybridized carbons (Fsp3) is 0.923. The highest BCUT2D eigenvalue weighted by atomic mass is 16.1. The maximum absolute atomic E-state index is 11.2. The summed E-state index contributed by atoms with van der Waals surface area (Å²) in [6, 6.07) is -0.208. The van der Waals surface area contributed by atoms with Crippen molar-refractivity contribution in [1.29, 1.82) is 0 Å². The Morgan fingerprint density at radius 1 is 1.07 bits per heavy atom. The van der Waals surface area contributed by atoms with Crippen LogP contribution in [0.15, 0.2) is 0 Å². The molecule has 0 rings (SSSR count). The normalized spacial score (nSPS) is 13.1. The number of hydrogen-bond acceptors (Lipinski definition) is 2. The van der Waals surface area contributed by atoms with Crippen LogP contribution in [0.2, 0.25) is 0 Å². The van der Waals surface area contributed by atoms with E-state index in [2.05, 4.69) is 13.8 Å². The molecule has 0 heterocycles. The number of nitrogens with two attached hydrogens (primary N) is 1. The number of hydrogen-bond donors (Lipinski definition) is 1. The van der Waals surface area contributed by atoms with Gasteiger partial charge in [0.2, 0.25) is 0 Å². The summed E-state index contributed by atoms with van der Waals surface area (Å²) >= 11 is 0. The van der Waals surface area contributed by atoms with Crippen molar-refractivity contribution < 1.29 is 4.79 Å². The third kappa shape index (κ3) is 8.61. The molecule has 15 heavy (non-hydrogen) atoms. The van der Waals surface area contributed by atoms with E-state index in [0.717, 1.165) is 18.8 Å². The van der Waals surface area contributed by atoms with Gasteiger partial charge in [0.05, 0.1) is 6.04 Å². The Balaban J connectivity index is 3.27. The minimum Gasteiger partial charge on any atom is -0.322 e. The maximum atomic E-state index is 11.2. The molecule has 0 unspecified atom stereocenters. The quantitative estimate of drug-likeness (QED) is 0.597. The van der Waals surface area contributed by atoms with Gasteiger partial charge in [-0.25, -0.2) is 0 Å². The Morgan fingerprint density at radius 2 is 1.60 bits per heavy atom. The van der Waals surface area contributed by atoms with Gasteiger partial charge in [-0.3, -0.25) is 4.79 Å². The van der Waals surface area contributed by atoms with Crippen molar-refractivity contribution in [3.8, 4) is 0 Å². The highest BCUT2D eigenvalue weighted by Gasteiger charge is 2.09. The highest BCUT2D eigenvalue weighted by Crippen LogP contribution is 2.11. The zero-order valence-corrected chi connectivity index (χ0v) is 10.6. The first-order valence-corrected chi connectivity index (χ1v) is 6.36. The zero-order chi connectivity index (χ0) is 11.7. The van der Waals surface area contributed by atoms with Gasteiger partial charge in [0, 0.05) is 6.42 Å². The molecule has 2 N–H and O–H groups in total. The molecule has 1 atom stereocenters. The summed E-state index contributed by atoms with van der Waals surface area (Å²) in [5.41, 5.74) is 5.74. The first kappa shape index (κ1) is 14.6. The van der Waals surface area contributed by atoms with E-state index in [-0.39, 0.29) is 11.8 Å². The molecule has 0 aromatic rings. The summed E-state index contributed by atoms with van der Waals surface area (Å²) in [7, 11) is 0. The minimum absolute atomic E-state index is 0.206. The third-order valence-electron chi connectivity index (χ3n) is 2.81. The fourth-order valence-corrected chi connectivity index (χ4v) is 1.69. The molecule has 0 aromatic carbocycles. The van der Waals surface area contributed by atoms with E-state index in [4.69, 9.17) is 5.73 Å². The average Bonchev–Trinajstić information content (AvgIpc) is 2.21. The predicted molar refractivity (Wildman–Crippen MR) is 65.8 cm³/mol. The highest BCUT2D eigenvalue weighted by molar-refractivity contribution is 5.83. The van der Waals surface area contributed by atoms with Crippen LogP contribution in [0.3, 0.4) is 0 Å². The molecule has 0 aliphatic rings. The Hall–Kier alpha value is -0.370. The van der Waals surface area contributed by atoms with E-state index in [0.29, 0.717) is 6.42 Å². The fourth-order valence-electron chi connectivity index (χ4n) is 1.69. The molecular weight excluding hydrogens is 186 g/mol. The lowest BCUT2D eigenvalue weighted by Gasteiger charge is -2.09. The Labute approximate surface area is 94.6 Å². The molecule has 2 nitrogen and oxygen atoms in total. The molecule has 0 aliphatic heterocycles. The Kier molecular flexibility index (Phi) is 8.68. The van der Waals surface area contributed by atoms with Crippen molar-refractivity contribution in [3.63, 3.8) is 0 Å². The number of carbonyl (C=O) groups excluding carboxylic acids is 1. The first-order chi connectivity index (χ1) is 7.07. The van der Waals surface area contributed by atoms with E-state index in [9.17, 15) is 4.79 Å². The van der Waals surface area contributed by atoms with Crippen LogP contribution in [0.4, 0.5) is 0 Å². The molecular formula is C13H27NO. The van der Waals surface area contributed by atoms with Crippen LogP contribution < -0.4 is 5.73 Å². The predicted octanol–water partition coefficient (Wildman–Crippen LogP) is 3.29. The second-order valence-corrected chi connectivity index (χ2v) is 4.81. The minimum atomic E-state index is -0.208. The maximum Gasteiger partial charge on any atom is 0.149 e. The molecule has 0 saturated heterocycles. The van der Waals surface area contributed by atoms with E-state index in [1.165, 1.54) is 25.7 Å². The number of Topliss-reactive ketones (excluding diaryl/α,β-unsaturated/α-hetero) is 1. The Bertz CT molecular complexity index is 166. The number of unbranched alkanes of at least 4 members (excludes halogenated alkanes) is 3. The van der Waals surface area contributed by atoms with Crippen LogP contribution in [0.25, 0.3) is 0 Å². The van der Waals surface area contributed by atoms with Gasteiger partial charge in [0.25, 0.3) is 0 Å². The van der Waals surface area contributed by atoms with E-state index < -0.39 is 0 Å². The SMILES string of the molecule is CCC(=O)[C@H](N)CCCCCCC(C)C. The second kappa shape index (κ2) is 8.90. The van der Waals surface area contributed by atoms with E-state index >= 15 is 0 Å². The Morgan fingerprint density at radius 3 is 2.07 bits per heavy atom. The van der Waals surface area contributed by atoms with Gasteiger partial charge in [-0.05, 0) is 12.3 Å². The largest absolute Gasteiger partial charge is 0.322 e. The molecule has 0 saturated carbocycles. The molecule has 0 radical (unpaired) electrons. The van der Waals surface area contributed by atoms with Gasteiger partial charge in [-0.1, -0.05) is 52.9 Å². The van der Waals surface area contributed by atoms with Crippen molar-refractivity contribution in [1.82, 2.24) is 0 Å². The van der Waals surface area contributed by atoms with E-state index in [1.807, 2.05) is 6.92 Å². The van der Waals surface area contributed by atoms with Gasteiger partial charge in [0.15, 0.2) is 0 Å². The van der Waals surface area contributed by atoms with E-state index in [1.54, 1.807) is 0 Å². The zero-order valence-electron chi connectivity index (χ0n) is 10.6. The van der Waals surface area contributed by atoms with Crippen molar-refractivity contribution >= 4 is 5.78 Å². The van der Waals surface area contributed by atoms with Crippen molar-refractivity contribution in [2.75, 3.05) is 0 Å². The summed E-state index contributed by atoms with van der Waals surface area (Å²) < 4.78 is 0.